The first kappa shape index (κ1) is 15.5. The molecule has 5 heteroatoms. The van der Waals surface area contributed by atoms with Gasteiger partial charge in [0, 0.05) is 24.7 Å². The third kappa shape index (κ3) is 5.17. The van der Waals surface area contributed by atoms with Crippen LogP contribution in [-0.2, 0) is 0 Å². The molecule has 0 aromatic heterocycles. The largest absolute Gasteiger partial charge is 0.490 e. The second-order valence-electron chi connectivity index (χ2n) is 5.64. The molecule has 0 atom stereocenters. The van der Waals surface area contributed by atoms with Crippen LogP contribution in [-0.4, -0.2) is 25.7 Å². The van der Waals surface area contributed by atoms with Gasteiger partial charge in [-0.3, -0.25) is 4.99 Å². The molecule has 0 spiro atoms. The average molecular weight is 291 g/mol. The molecule has 0 aliphatic carbocycles. The van der Waals surface area contributed by atoms with Crippen LogP contribution in [0.1, 0.15) is 33.1 Å². The topological polar surface area (TPSA) is 68.9 Å². The van der Waals surface area contributed by atoms with Crippen molar-refractivity contribution < 1.29 is 9.47 Å². The van der Waals surface area contributed by atoms with Crippen LogP contribution < -0.4 is 20.5 Å². The van der Waals surface area contributed by atoms with Crippen LogP contribution in [0.25, 0.3) is 0 Å². The molecule has 0 amide bonds. The van der Waals surface area contributed by atoms with Crippen LogP contribution in [0.4, 0.5) is 5.69 Å². The predicted octanol–water partition coefficient (Wildman–Crippen LogP) is 3.01. The van der Waals surface area contributed by atoms with Crippen molar-refractivity contribution in [2.75, 3.05) is 25.1 Å². The van der Waals surface area contributed by atoms with Crippen molar-refractivity contribution in [2.24, 2.45) is 16.6 Å². The zero-order valence-electron chi connectivity index (χ0n) is 12.9. The molecule has 1 heterocycles. The number of nitrogens with two attached hydrogens (primary N) is 1. The molecule has 5 nitrogen and oxygen atoms in total. The molecule has 1 aliphatic heterocycles. The van der Waals surface area contributed by atoms with E-state index in [0.717, 1.165) is 36.6 Å². The zero-order valence-corrected chi connectivity index (χ0v) is 12.9. The predicted molar refractivity (Wildman–Crippen MR) is 86.2 cm³/mol. The number of fused-ring (bicyclic) bond motifs is 1. The monoisotopic (exact) mass is 291 g/mol. The first-order chi connectivity index (χ1) is 10.1. The SMILES string of the molecule is CC(C)CCCN=C(N)Nc1ccc2c(c1)OCCCO2. The minimum atomic E-state index is 0.438. The van der Waals surface area contributed by atoms with Gasteiger partial charge in [-0.05, 0) is 30.9 Å². The highest BCUT2D eigenvalue weighted by atomic mass is 16.5. The third-order valence-corrected chi connectivity index (χ3v) is 3.24. The quantitative estimate of drug-likeness (QED) is 0.497. The Kier molecular flexibility index (Phi) is 5.72. The maximum Gasteiger partial charge on any atom is 0.193 e. The summed E-state index contributed by atoms with van der Waals surface area (Å²) < 4.78 is 11.2. The van der Waals surface area contributed by atoms with Crippen LogP contribution >= 0.6 is 0 Å². The molecule has 21 heavy (non-hydrogen) atoms. The first-order valence-electron chi connectivity index (χ1n) is 7.62. The minimum absolute atomic E-state index is 0.438. The average Bonchev–Trinajstić information content (AvgIpc) is 2.68. The van der Waals surface area contributed by atoms with Gasteiger partial charge in [0.1, 0.15) is 0 Å². The third-order valence-electron chi connectivity index (χ3n) is 3.24. The van der Waals surface area contributed by atoms with E-state index < -0.39 is 0 Å². The fourth-order valence-electron chi connectivity index (χ4n) is 2.13. The number of benzene rings is 1. The van der Waals surface area contributed by atoms with Crippen molar-refractivity contribution in [3.05, 3.63) is 18.2 Å². The Balaban J connectivity index is 1.90. The number of nitrogens with one attached hydrogen (secondary N) is 1. The number of hydrogen-bond acceptors (Lipinski definition) is 3. The molecule has 0 saturated heterocycles. The number of nitrogens with zero attached hydrogens (tertiary/aromatic N) is 1. The standard InChI is InChI=1S/C16H25N3O2/c1-12(2)5-3-8-18-16(17)19-13-6-7-14-15(11-13)21-10-4-9-20-14/h6-7,11-12H,3-5,8-10H2,1-2H3,(H3,17,18,19). The van der Waals surface area contributed by atoms with Crippen molar-refractivity contribution in [3.63, 3.8) is 0 Å². The van der Waals surface area contributed by atoms with Gasteiger partial charge in [0.15, 0.2) is 17.5 Å². The van der Waals surface area contributed by atoms with E-state index in [1.54, 1.807) is 0 Å². The summed E-state index contributed by atoms with van der Waals surface area (Å²) in [5.41, 5.74) is 6.76. The number of aliphatic imine (C=N–C) groups is 1. The van der Waals surface area contributed by atoms with E-state index >= 15 is 0 Å². The maximum absolute atomic E-state index is 5.90. The van der Waals surface area contributed by atoms with Crippen LogP contribution in [0.15, 0.2) is 23.2 Å². The number of rotatable bonds is 5. The van der Waals surface area contributed by atoms with E-state index in [4.69, 9.17) is 15.2 Å². The van der Waals surface area contributed by atoms with E-state index in [1.807, 2.05) is 18.2 Å². The number of guanidine groups is 1. The lowest BCUT2D eigenvalue weighted by molar-refractivity contribution is 0.297. The Morgan fingerprint density at radius 3 is 2.81 bits per heavy atom. The van der Waals surface area contributed by atoms with Gasteiger partial charge >= 0.3 is 0 Å². The number of anilines is 1. The summed E-state index contributed by atoms with van der Waals surface area (Å²) in [4.78, 5) is 4.33. The zero-order chi connectivity index (χ0) is 15.1. The van der Waals surface area contributed by atoms with Crippen LogP contribution in [0.5, 0.6) is 11.5 Å². The molecule has 0 bridgehead atoms. The lowest BCUT2D eigenvalue weighted by Crippen LogP contribution is -2.22. The van der Waals surface area contributed by atoms with Crippen LogP contribution in [0, 0.1) is 5.92 Å². The fraction of sp³-hybridized carbons (Fsp3) is 0.562. The van der Waals surface area contributed by atoms with Crippen molar-refractivity contribution in [1.29, 1.82) is 0 Å². The van der Waals surface area contributed by atoms with E-state index in [-0.39, 0.29) is 0 Å². The van der Waals surface area contributed by atoms with E-state index in [9.17, 15) is 0 Å². The summed E-state index contributed by atoms with van der Waals surface area (Å²) in [6.45, 7) is 6.54. The lowest BCUT2D eigenvalue weighted by atomic mass is 10.1. The van der Waals surface area contributed by atoms with Crippen molar-refractivity contribution in [1.82, 2.24) is 0 Å². The summed E-state index contributed by atoms with van der Waals surface area (Å²) in [5.74, 6) is 2.68. The molecule has 0 saturated carbocycles. The fourth-order valence-corrected chi connectivity index (χ4v) is 2.13. The maximum atomic E-state index is 5.90. The van der Waals surface area contributed by atoms with E-state index in [1.165, 1.54) is 6.42 Å². The van der Waals surface area contributed by atoms with Crippen molar-refractivity contribution in [2.45, 2.75) is 33.1 Å². The van der Waals surface area contributed by atoms with Gasteiger partial charge in [-0.15, -0.1) is 0 Å². The van der Waals surface area contributed by atoms with Crippen molar-refractivity contribution in [3.8, 4) is 11.5 Å². The van der Waals surface area contributed by atoms with Crippen LogP contribution in [0.3, 0.4) is 0 Å². The molecule has 1 aromatic carbocycles. The summed E-state index contributed by atoms with van der Waals surface area (Å²) in [5, 5.41) is 3.09. The Morgan fingerprint density at radius 2 is 2.05 bits per heavy atom. The normalized spacial score (nSPS) is 14.9. The van der Waals surface area contributed by atoms with E-state index in [2.05, 4.69) is 24.2 Å². The van der Waals surface area contributed by atoms with Gasteiger partial charge in [0.25, 0.3) is 0 Å². The summed E-state index contributed by atoms with van der Waals surface area (Å²) in [7, 11) is 0. The molecule has 3 N–H and O–H groups in total. The van der Waals surface area contributed by atoms with Gasteiger partial charge < -0.3 is 20.5 Å². The molecule has 116 valence electrons. The highest BCUT2D eigenvalue weighted by molar-refractivity contribution is 5.92. The second kappa shape index (κ2) is 7.76. The Bertz CT molecular complexity index is 486. The molecule has 2 rings (SSSR count). The van der Waals surface area contributed by atoms with Gasteiger partial charge in [-0.25, -0.2) is 0 Å². The Morgan fingerprint density at radius 1 is 1.29 bits per heavy atom. The van der Waals surface area contributed by atoms with Gasteiger partial charge in [-0.1, -0.05) is 13.8 Å². The van der Waals surface area contributed by atoms with E-state index in [0.29, 0.717) is 25.1 Å². The second-order valence-corrected chi connectivity index (χ2v) is 5.64. The summed E-state index contributed by atoms with van der Waals surface area (Å²) in [6, 6.07) is 5.72. The van der Waals surface area contributed by atoms with Gasteiger partial charge in [0.2, 0.25) is 0 Å². The van der Waals surface area contributed by atoms with Gasteiger partial charge in [-0.2, -0.15) is 0 Å². The Hall–Kier alpha value is -1.91. The highest BCUT2D eigenvalue weighted by Crippen LogP contribution is 2.32. The summed E-state index contributed by atoms with van der Waals surface area (Å²) in [6.07, 6.45) is 3.12. The number of ether oxygens (including phenoxy) is 2. The molecular formula is C16H25N3O2. The van der Waals surface area contributed by atoms with Crippen LogP contribution in [0.2, 0.25) is 0 Å². The molecule has 0 radical (unpaired) electrons. The van der Waals surface area contributed by atoms with Crippen molar-refractivity contribution >= 4 is 11.6 Å². The minimum Gasteiger partial charge on any atom is -0.490 e. The smallest absolute Gasteiger partial charge is 0.193 e. The Labute approximate surface area is 126 Å². The lowest BCUT2D eigenvalue weighted by Gasteiger charge is -2.10. The first-order valence-corrected chi connectivity index (χ1v) is 7.62. The van der Waals surface area contributed by atoms with Gasteiger partial charge in [0.05, 0.1) is 13.2 Å². The summed E-state index contributed by atoms with van der Waals surface area (Å²) >= 11 is 0. The number of hydrogen-bond donors (Lipinski definition) is 2. The molecule has 1 aliphatic rings. The highest BCUT2D eigenvalue weighted by Gasteiger charge is 2.10. The molecular weight excluding hydrogens is 266 g/mol. The molecule has 0 fully saturated rings. The molecule has 1 aromatic rings. The molecule has 0 unspecified atom stereocenters.